The predicted molar refractivity (Wildman–Crippen MR) is 58.9 cm³/mol. The van der Waals surface area contributed by atoms with Gasteiger partial charge in [0.25, 0.3) is 0 Å². The third-order valence-corrected chi connectivity index (χ3v) is 3.65. The molecule has 0 radical (unpaired) electrons. The van der Waals surface area contributed by atoms with E-state index < -0.39 is 17.4 Å². The zero-order valence-corrected chi connectivity index (χ0v) is 10.2. The molecule has 0 aliphatic heterocycles. The molecule has 1 N–H and O–H groups in total. The molecule has 1 rings (SSSR count). The molecule has 0 amide bonds. The fourth-order valence-corrected chi connectivity index (χ4v) is 2.54. The molecule has 0 spiro atoms. The first-order valence-corrected chi connectivity index (χ1v) is 5.95. The lowest BCUT2D eigenvalue weighted by atomic mass is 9.90. The van der Waals surface area contributed by atoms with Crippen LogP contribution in [0.1, 0.15) is 40.0 Å². The van der Waals surface area contributed by atoms with E-state index in [9.17, 15) is 14.7 Å². The number of carbonyl (C=O) groups is 2. The summed E-state index contributed by atoms with van der Waals surface area (Å²) in [6, 6.07) is 0. The lowest BCUT2D eigenvalue weighted by molar-refractivity contribution is -0.162. The van der Waals surface area contributed by atoms with Gasteiger partial charge >= 0.3 is 11.9 Å². The van der Waals surface area contributed by atoms with Gasteiger partial charge in [-0.05, 0) is 25.2 Å². The first-order valence-electron chi connectivity index (χ1n) is 5.95. The molecule has 0 heterocycles. The smallest absolute Gasteiger partial charge is 0.323 e. The van der Waals surface area contributed by atoms with Crippen LogP contribution in [0.2, 0.25) is 0 Å². The Morgan fingerprint density at radius 2 is 1.94 bits per heavy atom. The number of ether oxygens (including phenoxy) is 1. The number of aliphatic carboxylic acids is 1. The van der Waals surface area contributed by atoms with Crippen molar-refractivity contribution in [1.82, 2.24) is 0 Å². The van der Waals surface area contributed by atoms with Gasteiger partial charge in [0.2, 0.25) is 0 Å². The summed E-state index contributed by atoms with van der Waals surface area (Å²) in [5.41, 5.74) is -1.24. The van der Waals surface area contributed by atoms with Gasteiger partial charge in [0, 0.05) is 0 Å². The summed E-state index contributed by atoms with van der Waals surface area (Å²) >= 11 is 0. The van der Waals surface area contributed by atoms with E-state index in [0.717, 1.165) is 12.8 Å². The van der Waals surface area contributed by atoms with Crippen LogP contribution in [0, 0.1) is 17.3 Å². The van der Waals surface area contributed by atoms with Gasteiger partial charge in [-0.3, -0.25) is 9.59 Å². The maximum Gasteiger partial charge on any atom is 0.323 e. The highest BCUT2D eigenvalue weighted by Crippen LogP contribution is 2.59. The molecule has 16 heavy (non-hydrogen) atoms. The zero-order chi connectivity index (χ0) is 12.3. The summed E-state index contributed by atoms with van der Waals surface area (Å²) in [7, 11) is 0. The maximum atomic E-state index is 11.7. The van der Waals surface area contributed by atoms with Crippen LogP contribution in [0.3, 0.4) is 0 Å². The Morgan fingerprint density at radius 3 is 2.31 bits per heavy atom. The van der Waals surface area contributed by atoms with E-state index in [4.69, 9.17) is 4.74 Å². The maximum absolute atomic E-state index is 11.7. The predicted octanol–water partition coefficient (Wildman–Crippen LogP) is 2.08. The van der Waals surface area contributed by atoms with Crippen molar-refractivity contribution in [3.8, 4) is 0 Å². The third-order valence-electron chi connectivity index (χ3n) is 3.65. The summed E-state index contributed by atoms with van der Waals surface area (Å²) in [6.07, 6.45) is 2.26. The van der Waals surface area contributed by atoms with E-state index in [1.54, 1.807) is 6.92 Å². The SMILES string of the molecule is CCOC(=O)C1(C(=O)O)CC1C(CC)CC. The van der Waals surface area contributed by atoms with Crippen molar-refractivity contribution in [2.75, 3.05) is 6.61 Å². The van der Waals surface area contributed by atoms with E-state index in [2.05, 4.69) is 0 Å². The first-order chi connectivity index (χ1) is 7.54. The molecular formula is C12H20O4. The van der Waals surface area contributed by atoms with Crippen molar-refractivity contribution < 1.29 is 19.4 Å². The van der Waals surface area contributed by atoms with Gasteiger partial charge in [-0.1, -0.05) is 26.7 Å². The number of carbonyl (C=O) groups excluding carboxylic acids is 1. The normalized spacial score (nSPS) is 27.9. The molecule has 0 saturated heterocycles. The number of rotatable bonds is 6. The minimum atomic E-state index is -1.24. The van der Waals surface area contributed by atoms with Crippen LogP contribution in [0.25, 0.3) is 0 Å². The molecule has 0 aromatic carbocycles. The molecule has 0 aromatic heterocycles. The largest absolute Gasteiger partial charge is 0.480 e. The van der Waals surface area contributed by atoms with E-state index in [-0.39, 0.29) is 12.5 Å². The third kappa shape index (κ3) is 1.93. The van der Waals surface area contributed by atoms with Crippen LogP contribution in [0.4, 0.5) is 0 Å². The Bertz CT molecular complexity index is 283. The van der Waals surface area contributed by atoms with Crippen molar-refractivity contribution >= 4 is 11.9 Å². The fraction of sp³-hybridized carbons (Fsp3) is 0.833. The molecule has 1 fully saturated rings. The van der Waals surface area contributed by atoms with Crippen LogP contribution in [-0.2, 0) is 14.3 Å². The summed E-state index contributed by atoms with van der Waals surface area (Å²) in [5.74, 6) is -1.32. The summed E-state index contributed by atoms with van der Waals surface area (Å²) in [6.45, 7) is 6.00. The second-order valence-electron chi connectivity index (χ2n) is 4.38. The van der Waals surface area contributed by atoms with Crippen LogP contribution < -0.4 is 0 Å². The zero-order valence-electron chi connectivity index (χ0n) is 10.2. The minimum Gasteiger partial charge on any atom is -0.480 e. The summed E-state index contributed by atoms with van der Waals surface area (Å²) < 4.78 is 4.88. The molecule has 92 valence electrons. The summed E-state index contributed by atoms with van der Waals surface area (Å²) in [4.78, 5) is 23.0. The highest BCUT2D eigenvalue weighted by Gasteiger charge is 2.68. The molecule has 4 heteroatoms. The first kappa shape index (κ1) is 13.0. The molecule has 1 saturated carbocycles. The molecule has 2 unspecified atom stereocenters. The molecule has 1 aliphatic rings. The van der Waals surface area contributed by atoms with Crippen molar-refractivity contribution in [2.24, 2.45) is 17.3 Å². The standard InChI is InChI=1S/C12H20O4/c1-4-8(5-2)9-7-12(9,10(13)14)11(15)16-6-3/h8-9H,4-7H2,1-3H3,(H,13,14). The van der Waals surface area contributed by atoms with Crippen LogP contribution in [0.5, 0.6) is 0 Å². The van der Waals surface area contributed by atoms with E-state index in [0.29, 0.717) is 12.3 Å². The highest BCUT2D eigenvalue weighted by molar-refractivity contribution is 6.03. The van der Waals surface area contributed by atoms with Gasteiger partial charge in [0.1, 0.15) is 0 Å². The molecule has 0 aromatic rings. The topological polar surface area (TPSA) is 63.6 Å². The number of hydrogen-bond acceptors (Lipinski definition) is 3. The lowest BCUT2D eigenvalue weighted by Crippen LogP contribution is -2.31. The van der Waals surface area contributed by atoms with Gasteiger partial charge in [-0.25, -0.2) is 0 Å². The molecule has 0 bridgehead atoms. The number of carboxylic acid groups (broad SMARTS) is 1. The second-order valence-corrected chi connectivity index (χ2v) is 4.38. The fourth-order valence-electron chi connectivity index (χ4n) is 2.54. The Morgan fingerprint density at radius 1 is 1.38 bits per heavy atom. The van der Waals surface area contributed by atoms with Crippen molar-refractivity contribution in [1.29, 1.82) is 0 Å². The Kier molecular flexibility index (Phi) is 3.94. The molecule has 4 nitrogen and oxygen atoms in total. The average molecular weight is 228 g/mol. The quantitative estimate of drug-likeness (QED) is 0.558. The lowest BCUT2D eigenvalue weighted by Gasteiger charge is -2.16. The number of esters is 1. The Hall–Kier alpha value is -1.06. The van der Waals surface area contributed by atoms with Gasteiger partial charge in [0.15, 0.2) is 5.41 Å². The van der Waals surface area contributed by atoms with Gasteiger partial charge in [-0.2, -0.15) is 0 Å². The monoisotopic (exact) mass is 228 g/mol. The minimum absolute atomic E-state index is 0.0425. The highest BCUT2D eigenvalue weighted by atomic mass is 16.5. The second kappa shape index (κ2) is 4.85. The van der Waals surface area contributed by atoms with Crippen molar-refractivity contribution in [2.45, 2.75) is 40.0 Å². The van der Waals surface area contributed by atoms with Crippen LogP contribution in [-0.4, -0.2) is 23.7 Å². The van der Waals surface area contributed by atoms with E-state index in [1.165, 1.54) is 0 Å². The molecular weight excluding hydrogens is 208 g/mol. The van der Waals surface area contributed by atoms with Crippen molar-refractivity contribution in [3.05, 3.63) is 0 Å². The average Bonchev–Trinajstić information content (AvgIpc) is 2.97. The summed E-state index contributed by atoms with van der Waals surface area (Å²) in [5, 5.41) is 9.21. The van der Waals surface area contributed by atoms with Crippen LogP contribution >= 0.6 is 0 Å². The van der Waals surface area contributed by atoms with Gasteiger partial charge in [0.05, 0.1) is 6.61 Å². The van der Waals surface area contributed by atoms with Crippen LogP contribution in [0.15, 0.2) is 0 Å². The Balaban J connectivity index is 2.80. The van der Waals surface area contributed by atoms with Gasteiger partial charge < -0.3 is 9.84 Å². The molecule has 1 aliphatic carbocycles. The van der Waals surface area contributed by atoms with Gasteiger partial charge in [-0.15, -0.1) is 0 Å². The molecule has 2 atom stereocenters. The van der Waals surface area contributed by atoms with E-state index >= 15 is 0 Å². The Labute approximate surface area is 96.0 Å². The van der Waals surface area contributed by atoms with Crippen molar-refractivity contribution in [3.63, 3.8) is 0 Å². The number of hydrogen-bond donors (Lipinski definition) is 1. The van der Waals surface area contributed by atoms with E-state index in [1.807, 2.05) is 13.8 Å². The number of carboxylic acids is 1.